The second-order valence-corrected chi connectivity index (χ2v) is 8.31. The van der Waals surface area contributed by atoms with E-state index in [0.717, 1.165) is 18.6 Å². The number of carbonyl (C=O) groups excluding carboxylic acids is 1. The van der Waals surface area contributed by atoms with E-state index >= 15 is 0 Å². The van der Waals surface area contributed by atoms with E-state index in [0.29, 0.717) is 18.6 Å². The van der Waals surface area contributed by atoms with Crippen molar-refractivity contribution in [3.05, 3.63) is 29.8 Å². The van der Waals surface area contributed by atoms with Crippen molar-refractivity contribution < 1.29 is 22.7 Å². The summed E-state index contributed by atoms with van der Waals surface area (Å²) in [6.45, 7) is 7.38. The second-order valence-electron chi connectivity index (χ2n) is 8.31. The molecule has 2 rings (SSSR count). The molecule has 1 aromatic rings. The minimum absolute atomic E-state index is 0.0546. The maximum atomic E-state index is 12.8. The van der Waals surface area contributed by atoms with E-state index in [-0.39, 0.29) is 11.2 Å². The zero-order chi connectivity index (χ0) is 21.2. The standard InChI is InChI=1S/C20H24F3N3O2/c1-13(28-16-7-5-6-14(8-16)20(21,22)23)17(27)26-25-15-9-18(2,3)11-19(4,10-15)12-24/h5-8,13H,9-11H2,1-4H3,(H,26,27)/b25-15-. The average Bonchev–Trinajstić information content (AvgIpc) is 2.57. The summed E-state index contributed by atoms with van der Waals surface area (Å²) in [5.41, 5.74) is 1.60. The highest BCUT2D eigenvalue weighted by Gasteiger charge is 2.40. The smallest absolute Gasteiger partial charge is 0.416 e. The van der Waals surface area contributed by atoms with Crippen LogP contribution in [0, 0.1) is 22.2 Å². The van der Waals surface area contributed by atoms with Crippen LogP contribution in [0.3, 0.4) is 0 Å². The quantitative estimate of drug-likeness (QED) is 0.752. The van der Waals surface area contributed by atoms with Crippen LogP contribution in [0.4, 0.5) is 13.2 Å². The highest BCUT2D eigenvalue weighted by atomic mass is 19.4. The molecule has 1 aromatic carbocycles. The van der Waals surface area contributed by atoms with E-state index in [2.05, 4.69) is 16.6 Å². The number of hydrazone groups is 1. The molecule has 1 aliphatic carbocycles. The topological polar surface area (TPSA) is 74.5 Å². The van der Waals surface area contributed by atoms with E-state index in [4.69, 9.17) is 4.74 Å². The van der Waals surface area contributed by atoms with Gasteiger partial charge in [0, 0.05) is 12.1 Å². The fraction of sp³-hybridized carbons (Fsp3) is 0.550. The van der Waals surface area contributed by atoms with Gasteiger partial charge < -0.3 is 4.74 Å². The molecule has 0 aromatic heterocycles. The van der Waals surface area contributed by atoms with Gasteiger partial charge in [0.05, 0.1) is 17.0 Å². The van der Waals surface area contributed by atoms with E-state index in [1.807, 2.05) is 20.8 Å². The first-order chi connectivity index (χ1) is 12.8. The third-order valence-corrected chi connectivity index (χ3v) is 4.58. The first-order valence-electron chi connectivity index (χ1n) is 8.94. The van der Waals surface area contributed by atoms with Crippen molar-refractivity contribution in [3.8, 4) is 11.8 Å². The predicted octanol–water partition coefficient (Wildman–Crippen LogP) is 4.68. The summed E-state index contributed by atoms with van der Waals surface area (Å²) < 4.78 is 43.6. The first kappa shape index (κ1) is 21.7. The lowest BCUT2D eigenvalue weighted by molar-refractivity contribution is -0.137. The Kier molecular flexibility index (Phi) is 6.07. The van der Waals surface area contributed by atoms with Crippen LogP contribution in [0.1, 0.15) is 52.5 Å². The molecular formula is C20H24F3N3O2. The molecule has 0 heterocycles. The Balaban J connectivity index is 2.03. The van der Waals surface area contributed by atoms with Crippen molar-refractivity contribution in [2.45, 2.75) is 59.2 Å². The van der Waals surface area contributed by atoms with Gasteiger partial charge in [0.15, 0.2) is 6.10 Å². The molecule has 0 saturated heterocycles. The average molecular weight is 395 g/mol. The van der Waals surface area contributed by atoms with Crippen LogP contribution in [-0.2, 0) is 11.0 Å². The molecular weight excluding hydrogens is 371 g/mol. The Morgan fingerprint density at radius 1 is 1.32 bits per heavy atom. The summed E-state index contributed by atoms with van der Waals surface area (Å²) in [4.78, 5) is 12.2. The maximum Gasteiger partial charge on any atom is 0.416 e. The largest absolute Gasteiger partial charge is 0.481 e. The molecule has 2 unspecified atom stereocenters. The number of carbonyl (C=O) groups is 1. The van der Waals surface area contributed by atoms with E-state index in [1.54, 1.807) is 0 Å². The van der Waals surface area contributed by atoms with Crippen molar-refractivity contribution in [2.75, 3.05) is 0 Å². The van der Waals surface area contributed by atoms with Gasteiger partial charge in [-0.05, 0) is 50.3 Å². The third-order valence-electron chi connectivity index (χ3n) is 4.58. The van der Waals surface area contributed by atoms with Crippen LogP contribution in [0.25, 0.3) is 0 Å². The van der Waals surface area contributed by atoms with Crippen molar-refractivity contribution in [1.29, 1.82) is 5.26 Å². The monoisotopic (exact) mass is 395 g/mol. The summed E-state index contributed by atoms with van der Waals surface area (Å²) in [7, 11) is 0. The SMILES string of the molecule is CC(Oc1cccc(C(F)(F)F)c1)C(=O)N/N=C1/CC(C)(C)CC(C)(C#N)C1. The number of benzene rings is 1. The van der Waals surface area contributed by atoms with Crippen LogP contribution in [0.15, 0.2) is 29.4 Å². The molecule has 0 radical (unpaired) electrons. The number of nitriles is 1. The summed E-state index contributed by atoms with van der Waals surface area (Å²) in [5, 5.41) is 13.6. The lowest BCUT2D eigenvalue weighted by Gasteiger charge is -2.39. The summed E-state index contributed by atoms with van der Waals surface area (Å²) in [5.74, 6) is -0.632. The van der Waals surface area contributed by atoms with Gasteiger partial charge in [0.1, 0.15) is 5.75 Å². The van der Waals surface area contributed by atoms with Crippen LogP contribution < -0.4 is 10.2 Å². The van der Waals surface area contributed by atoms with Gasteiger partial charge in [-0.15, -0.1) is 0 Å². The zero-order valence-corrected chi connectivity index (χ0v) is 16.4. The normalized spacial score (nSPS) is 24.3. The number of nitrogens with one attached hydrogen (secondary N) is 1. The Hall–Kier alpha value is -2.56. The van der Waals surface area contributed by atoms with Gasteiger partial charge in [-0.3, -0.25) is 4.79 Å². The minimum Gasteiger partial charge on any atom is -0.481 e. The fourth-order valence-corrected chi connectivity index (χ4v) is 3.63. The van der Waals surface area contributed by atoms with Crippen molar-refractivity contribution in [3.63, 3.8) is 0 Å². The van der Waals surface area contributed by atoms with Gasteiger partial charge in [-0.1, -0.05) is 19.9 Å². The molecule has 0 bridgehead atoms. The molecule has 28 heavy (non-hydrogen) atoms. The lowest BCUT2D eigenvalue weighted by Crippen LogP contribution is -2.38. The van der Waals surface area contributed by atoms with E-state index in [9.17, 15) is 23.2 Å². The number of nitrogens with zero attached hydrogens (tertiary/aromatic N) is 2. The molecule has 0 spiro atoms. The minimum atomic E-state index is -4.49. The molecule has 1 amide bonds. The highest BCUT2D eigenvalue weighted by molar-refractivity contribution is 5.89. The summed E-state index contributed by atoms with van der Waals surface area (Å²) >= 11 is 0. The molecule has 1 saturated carbocycles. The number of halogens is 3. The highest BCUT2D eigenvalue weighted by Crippen LogP contribution is 2.44. The van der Waals surface area contributed by atoms with Gasteiger partial charge in [-0.2, -0.15) is 23.5 Å². The molecule has 1 aliphatic rings. The zero-order valence-electron chi connectivity index (χ0n) is 16.4. The summed E-state index contributed by atoms with van der Waals surface area (Å²) in [6.07, 6.45) is -3.69. The van der Waals surface area contributed by atoms with Gasteiger partial charge >= 0.3 is 6.18 Å². The van der Waals surface area contributed by atoms with Gasteiger partial charge in [-0.25, -0.2) is 5.43 Å². The Morgan fingerprint density at radius 3 is 2.61 bits per heavy atom. The Morgan fingerprint density at radius 2 is 2.00 bits per heavy atom. The lowest BCUT2D eigenvalue weighted by atomic mass is 9.64. The van der Waals surface area contributed by atoms with Crippen LogP contribution in [0.2, 0.25) is 0 Å². The molecule has 2 atom stereocenters. The Labute approximate surface area is 162 Å². The molecule has 1 fully saturated rings. The predicted molar refractivity (Wildman–Crippen MR) is 98.5 cm³/mol. The second kappa shape index (κ2) is 7.82. The summed E-state index contributed by atoms with van der Waals surface area (Å²) in [6, 6.07) is 6.66. The van der Waals surface area contributed by atoms with E-state index < -0.39 is 29.2 Å². The fourth-order valence-electron chi connectivity index (χ4n) is 3.63. The van der Waals surface area contributed by atoms with Crippen LogP contribution >= 0.6 is 0 Å². The Bertz CT molecular complexity index is 812. The number of hydrogen-bond acceptors (Lipinski definition) is 4. The van der Waals surface area contributed by atoms with Crippen molar-refractivity contribution in [2.24, 2.45) is 15.9 Å². The molecule has 1 N–H and O–H groups in total. The van der Waals surface area contributed by atoms with Crippen molar-refractivity contribution >= 4 is 11.6 Å². The van der Waals surface area contributed by atoms with Gasteiger partial charge in [0.2, 0.25) is 0 Å². The number of amides is 1. The number of alkyl halides is 3. The van der Waals surface area contributed by atoms with Crippen LogP contribution in [0.5, 0.6) is 5.75 Å². The van der Waals surface area contributed by atoms with E-state index in [1.165, 1.54) is 19.1 Å². The number of hydrogen-bond donors (Lipinski definition) is 1. The maximum absolute atomic E-state index is 12.8. The number of ether oxygens (including phenoxy) is 1. The number of rotatable bonds is 4. The molecule has 8 heteroatoms. The molecule has 5 nitrogen and oxygen atoms in total. The molecule has 0 aliphatic heterocycles. The van der Waals surface area contributed by atoms with Crippen LogP contribution in [-0.4, -0.2) is 17.7 Å². The van der Waals surface area contributed by atoms with Crippen molar-refractivity contribution in [1.82, 2.24) is 5.43 Å². The third kappa shape index (κ3) is 5.72. The first-order valence-corrected chi connectivity index (χ1v) is 8.94. The van der Waals surface area contributed by atoms with Gasteiger partial charge in [0.25, 0.3) is 5.91 Å². The molecule has 152 valence electrons.